The molecule has 168 valence electrons. The summed E-state index contributed by atoms with van der Waals surface area (Å²) in [6.07, 6.45) is 1.65. The molecule has 1 saturated heterocycles. The molecule has 0 spiro atoms. The predicted molar refractivity (Wildman–Crippen MR) is 131 cm³/mol. The van der Waals surface area contributed by atoms with Crippen molar-refractivity contribution in [3.05, 3.63) is 107 Å². The van der Waals surface area contributed by atoms with E-state index in [0.717, 1.165) is 40.4 Å². The molecule has 5 nitrogen and oxygen atoms in total. The molecule has 1 fully saturated rings. The topological polar surface area (TPSA) is 75.3 Å². The molecular formula is C27H26N2O3S. The first-order chi connectivity index (χ1) is 16.1. The summed E-state index contributed by atoms with van der Waals surface area (Å²) < 4.78 is 0. The number of carbonyl (C=O) groups is 3. The number of hydrogen-bond donors (Lipinski definition) is 2. The second kappa shape index (κ2) is 11.0. The van der Waals surface area contributed by atoms with E-state index in [2.05, 4.69) is 34.9 Å². The average Bonchev–Trinajstić information content (AvgIpc) is 3.16. The molecule has 33 heavy (non-hydrogen) atoms. The molecule has 1 unspecified atom stereocenters. The number of thioether (sulfide) groups is 1. The summed E-state index contributed by atoms with van der Waals surface area (Å²) in [5, 5.41) is 4.73. The van der Waals surface area contributed by atoms with E-state index in [0.29, 0.717) is 19.4 Å². The highest BCUT2D eigenvalue weighted by molar-refractivity contribution is 8.15. The van der Waals surface area contributed by atoms with Crippen molar-refractivity contribution in [3.8, 4) is 0 Å². The zero-order valence-electron chi connectivity index (χ0n) is 18.2. The van der Waals surface area contributed by atoms with E-state index in [1.807, 2.05) is 60.7 Å². The highest BCUT2D eigenvalue weighted by Crippen LogP contribution is 2.27. The average molecular weight is 459 g/mol. The molecule has 0 bridgehead atoms. The Morgan fingerprint density at radius 1 is 0.848 bits per heavy atom. The van der Waals surface area contributed by atoms with Crippen molar-refractivity contribution in [1.29, 1.82) is 0 Å². The first-order valence-corrected chi connectivity index (χ1v) is 11.9. The molecular weight excluding hydrogens is 432 g/mol. The number of benzene rings is 3. The lowest BCUT2D eigenvalue weighted by molar-refractivity contribution is -0.121. The maximum atomic E-state index is 12.7. The number of imide groups is 1. The molecule has 3 aromatic rings. The Labute approximate surface area is 198 Å². The van der Waals surface area contributed by atoms with Crippen LogP contribution in [0.15, 0.2) is 84.9 Å². The Kier molecular flexibility index (Phi) is 7.58. The van der Waals surface area contributed by atoms with Gasteiger partial charge in [0.2, 0.25) is 11.8 Å². The van der Waals surface area contributed by atoms with Crippen LogP contribution in [0.5, 0.6) is 0 Å². The van der Waals surface area contributed by atoms with Crippen LogP contribution in [0.25, 0.3) is 0 Å². The van der Waals surface area contributed by atoms with Gasteiger partial charge in [-0.25, -0.2) is 0 Å². The van der Waals surface area contributed by atoms with E-state index in [1.54, 1.807) is 0 Å². The Morgan fingerprint density at radius 3 is 1.97 bits per heavy atom. The summed E-state index contributed by atoms with van der Waals surface area (Å²) in [7, 11) is 0. The third-order valence-electron chi connectivity index (χ3n) is 5.74. The molecule has 1 atom stereocenters. The smallest absolute Gasteiger partial charge is 0.286 e. The van der Waals surface area contributed by atoms with Gasteiger partial charge in [0.1, 0.15) is 0 Å². The second-order valence-corrected chi connectivity index (χ2v) is 9.26. The van der Waals surface area contributed by atoms with Gasteiger partial charge in [-0.15, -0.1) is 0 Å². The molecule has 1 heterocycles. The first kappa shape index (κ1) is 22.8. The van der Waals surface area contributed by atoms with Gasteiger partial charge in [-0.3, -0.25) is 19.7 Å². The van der Waals surface area contributed by atoms with Crippen molar-refractivity contribution in [1.82, 2.24) is 10.6 Å². The van der Waals surface area contributed by atoms with Crippen LogP contribution in [0.3, 0.4) is 0 Å². The molecule has 0 aliphatic carbocycles. The van der Waals surface area contributed by atoms with Gasteiger partial charge in [0.05, 0.1) is 5.25 Å². The van der Waals surface area contributed by atoms with Crippen LogP contribution in [0.4, 0.5) is 4.79 Å². The predicted octanol–water partition coefficient (Wildman–Crippen LogP) is 4.46. The van der Waals surface area contributed by atoms with Crippen molar-refractivity contribution in [2.24, 2.45) is 0 Å². The van der Waals surface area contributed by atoms with Crippen molar-refractivity contribution < 1.29 is 14.4 Å². The highest BCUT2D eigenvalue weighted by atomic mass is 32.2. The summed E-state index contributed by atoms with van der Waals surface area (Å²) in [4.78, 5) is 35.7. The zero-order valence-corrected chi connectivity index (χ0v) is 19.0. The Morgan fingerprint density at radius 2 is 1.42 bits per heavy atom. The van der Waals surface area contributed by atoms with E-state index in [4.69, 9.17) is 0 Å². The lowest BCUT2D eigenvalue weighted by atomic mass is 9.88. The third kappa shape index (κ3) is 6.33. The van der Waals surface area contributed by atoms with Gasteiger partial charge in [-0.1, -0.05) is 96.7 Å². The SMILES string of the molecule is O=C(CC(c1ccccc1)c1ccccc1)NCCc1ccc(CC2SC(=O)NC2=O)cc1. The Hall–Kier alpha value is -3.38. The second-order valence-electron chi connectivity index (χ2n) is 8.08. The molecule has 0 saturated carbocycles. The standard InChI is InChI=1S/C27H26N2O3S/c30-25(18-23(21-7-3-1-4-8-21)22-9-5-2-6-10-22)28-16-15-19-11-13-20(14-12-19)17-24-26(31)29-27(32)33-24/h1-14,23-24H,15-18H2,(H,28,30)(H,29,31,32). The number of amides is 3. The minimum absolute atomic E-state index is 0.0178. The molecule has 3 aromatic carbocycles. The number of nitrogens with one attached hydrogen (secondary N) is 2. The fourth-order valence-electron chi connectivity index (χ4n) is 3.99. The monoisotopic (exact) mass is 458 g/mol. The first-order valence-electron chi connectivity index (χ1n) is 11.0. The van der Waals surface area contributed by atoms with Gasteiger partial charge in [0.15, 0.2) is 0 Å². The molecule has 6 heteroatoms. The maximum Gasteiger partial charge on any atom is 0.286 e. The van der Waals surface area contributed by atoms with E-state index in [-0.39, 0.29) is 28.2 Å². The van der Waals surface area contributed by atoms with Gasteiger partial charge >= 0.3 is 0 Å². The van der Waals surface area contributed by atoms with Crippen molar-refractivity contribution in [3.63, 3.8) is 0 Å². The molecule has 0 radical (unpaired) electrons. The van der Waals surface area contributed by atoms with E-state index >= 15 is 0 Å². The van der Waals surface area contributed by atoms with Crippen LogP contribution in [0.1, 0.15) is 34.6 Å². The normalized spacial score (nSPS) is 15.5. The van der Waals surface area contributed by atoms with Crippen LogP contribution < -0.4 is 10.6 Å². The zero-order chi connectivity index (χ0) is 23.0. The van der Waals surface area contributed by atoms with Crippen LogP contribution >= 0.6 is 11.8 Å². The van der Waals surface area contributed by atoms with Crippen molar-refractivity contribution in [2.45, 2.75) is 30.4 Å². The largest absolute Gasteiger partial charge is 0.356 e. The third-order valence-corrected chi connectivity index (χ3v) is 6.72. The summed E-state index contributed by atoms with van der Waals surface area (Å²) in [5.41, 5.74) is 4.38. The summed E-state index contributed by atoms with van der Waals surface area (Å²) >= 11 is 1.04. The number of carbonyl (C=O) groups excluding carboxylic acids is 3. The van der Waals surface area contributed by atoms with Gasteiger partial charge in [-0.05, 0) is 35.1 Å². The quantitative estimate of drug-likeness (QED) is 0.496. The van der Waals surface area contributed by atoms with Crippen LogP contribution in [-0.2, 0) is 22.4 Å². The van der Waals surface area contributed by atoms with Gasteiger partial charge < -0.3 is 5.32 Å². The molecule has 1 aliphatic rings. The Bertz CT molecular complexity index is 1060. The summed E-state index contributed by atoms with van der Waals surface area (Å²) in [6, 6.07) is 28.2. The van der Waals surface area contributed by atoms with Gasteiger partial charge in [0, 0.05) is 18.9 Å². The fraction of sp³-hybridized carbons (Fsp3) is 0.222. The fourth-order valence-corrected chi connectivity index (χ4v) is 4.85. The lowest BCUT2D eigenvalue weighted by Gasteiger charge is -2.18. The molecule has 1 aliphatic heterocycles. The number of hydrogen-bond acceptors (Lipinski definition) is 4. The van der Waals surface area contributed by atoms with Crippen LogP contribution in [0.2, 0.25) is 0 Å². The highest BCUT2D eigenvalue weighted by Gasteiger charge is 2.31. The summed E-state index contributed by atoms with van der Waals surface area (Å²) in [5.74, 6) is -0.177. The van der Waals surface area contributed by atoms with Crippen molar-refractivity contribution >= 4 is 28.8 Å². The lowest BCUT2D eigenvalue weighted by Crippen LogP contribution is -2.27. The molecule has 3 amide bonds. The number of rotatable bonds is 9. The van der Waals surface area contributed by atoms with E-state index in [1.165, 1.54) is 0 Å². The van der Waals surface area contributed by atoms with Crippen LogP contribution in [-0.4, -0.2) is 28.8 Å². The molecule has 4 rings (SSSR count). The summed E-state index contributed by atoms with van der Waals surface area (Å²) in [6.45, 7) is 0.559. The minimum atomic E-state index is -0.357. The minimum Gasteiger partial charge on any atom is -0.356 e. The Balaban J connectivity index is 1.28. The van der Waals surface area contributed by atoms with Crippen LogP contribution in [0, 0.1) is 0 Å². The maximum absolute atomic E-state index is 12.7. The van der Waals surface area contributed by atoms with E-state index in [9.17, 15) is 14.4 Å². The van der Waals surface area contributed by atoms with Gasteiger partial charge in [-0.2, -0.15) is 0 Å². The van der Waals surface area contributed by atoms with Crippen molar-refractivity contribution in [2.75, 3.05) is 6.54 Å². The van der Waals surface area contributed by atoms with E-state index < -0.39 is 0 Å². The van der Waals surface area contributed by atoms with Gasteiger partial charge in [0.25, 0.3) is 5.24 Å². The molecule has 2 N–H and O–H groups in total. The molecule has 0 aromatic heterocycles.